The summed E-state index contributed by atoms with van der Waals surface area (Å²) in [5.74, 6) is 3.78. The van der Waals surface area contributed by atoms with Crippen LogP contribution in [0.15, 0.2) is 0 Å². The van der Waals surface area contributed by atoms with Crippen LogP contribution in [0.3, 0.4) is 0 Å². The standard InChI is InChI=1S/C23H49N2O2PS2.C21H45N2O2PS2.C20H43N2O2PS2/c1-17(2)24(18(3)4)28(25(19(5)6)20(7)8)29-15-14-27-16-23(12,13)30-21(26)22(9,10)11;1-12-20(24)28-21(10,11)15-25-13-14-27-26(22(16(2)3)17(4)5)23(18(6)7)19(8)9;1-15(2)20(23)26-13-11-24-12-14-27-25(21(16(3)4)17(5)6)22(18(7)8)19(9)10/h17-20H,14-16H2,1-13H3;16-19H,12-15H2,1-11H3;15-19H,11-14H2,1-10H3. The van der Waals surface area contributed by atoms with E-state index in [2.05, 4.69) is 222 Å². The predicted molar refractivity (Wildman–Crippen MR) is 399 cm³/mol. The van der Waals surface area contributed by atoms with Gasteiger partial charge in [0.1, 0.15) is 22.3 Å². The molecule has 0 saturated carbocycles. The Morgan fingerprint density at radius 2 is 0.600 bits per heavy atom. The Morgan fingerprint density at radius 3 is 0.824 bits per heavy atom. The lowest BCUT2D eigenvalue weighted by Gasteiger charge is -2.46. The highest BCUT2D eigenvalue weighted by molar-refractivity contribution is 8.55. The predicted octanol–water partition coefficient (Wildman–Crippen LogP) is 20.1. The fourth-order valence-electron chi connectivity index (χ4n) is 9.19. The largest absolute Gasteiger partial charge is 0.380 e. The molecule has 0 rings (SSSR count). The van der Waals surface area contributed by atoms with Crippen molar-refractivity contribution in [3.63, 3.8) is 0 Å². The summed E-state index contributed by atoms with van der Waals surface area (Å²) >= 11 is 10.3. The molecule has 12 nitrogen and oxygen atoms in total. The highest BCUT2D eigenvalue weighted by atomic mass is 32.7. The molecule has 0 N–H and O–H groups in total. The van der Waals surface area contributed by atoms with Gasteiger partial charge in [0.05, 0.1) is 39.6 Å². The normalized spacial score (nSPS) is 13.4. The first kappa shape index (κ1) is 91.2. The smallest absolute Gasteiger partial charge is 0.194 e. The van der Waals surface area contributed by atoms with Crippen molar-refractivity contribution < 1.29 is 28.6 Å². The van der Waals surface area contributed by atoms with Gasteiger partial charge in [-0.3, -0.25) is 42.4 Å². The zero-order chi connectivity index (χ0) is 67.1. The van der Waals surface area contributed by atoms with Crippen LogP contribution >= 0.6 is 91.7 Å². The fourth-order valence-corrected chi connectivity index (χ4v) is 30.4. The van der Waals surface area contributed by atoms with Crippen LogP contribution in [0.2, 0.25) is 0 Å². The molecule has 0 spiro atoms. The highest BCUT2D eigenvalue weighted by Crippen LogP contribution is 2.62. The van der Waals surface area contributed by atoms with Crippen LogP contribution in [0.5, 0.6) is 0 Å². The van der Waals surface area contributed by atoms with E-state index in [1.54, 1.807) is 0 Å². The van der Waals surface area contributed by atoms with Crippen LogP contribution in [0.1, 0.15) is 242 Å². The van der Waals surface area contributed by atoms with E-state index in [9.17, 15) is 14.4 Å². The van der Waals surface area contributed by atoms with E-state index in [0.29, 0.717) is 105 Å². The van der Waals surface area contributed by atoms with Crippen LogP contribution in [0.25, 0.3) is 0 Å². The summed E-state index contributed by atoms with van der Waals surface area (Å²) in [5.41, 5.74) is -0.318. The molecule has 0 aromatic carbocycles. The maximum atomic E-state index is 12.4. The Balaban J connectivity index is -0.00000119. The van der Waals surface area contributed by atoms with Crippen molar-refractivity contribution in [2.45, 2.75) is 324 Å². The van der Waals surface area contributed by atoms with Gasteiger partial charge in [-0.1, -0.05) is 111 Å². The van der Waals surface area contributed by atoms with Gasteiger partial charge in [0.25, 0.3) is 0 Å². The van der Waals surface area contributed by atoms with Gasteiger partial charge >= 0.3 is 0 Å². The minimum absolute atomic E-state index is 0.102. The molecule has 0 unspecified atom stereocenters. The quantitative estimate of drug-likeness (QED) is 0.0428. The molecule has 0 aliphatic carbocycles. The number of carbonyl (C=O) groups excluding carboxylic acids is 3. The van der Waals surface area contributed by atoms with Crippen LogP contribution in [0.4, 0.5) is 0 Å². The van der Waals surface area contributed by atoms with Crippen LogP contribution in [-0.4, -0.2) is 188 Å². The van der Waals surface area contributed by atoms with Crippen molar-refractivity contribution in [2.24, 2.45) is 11.3 Å². The molecular formula is C64H137N6O6P3S6. The first-order chi connectivity index (χ1) is 38.8. The number of carbonyl (C=O) groups is 3. The number of thioether (sulfide) groups is 3. The maximum Gasteiger partial charge on any atom is 0.194 e. The lowest BCUT2D eigenvalue weighted by atomic mass is 9.99. The summed E-state index contributed by atoms with van der Waals surface area (Å²) in [7, 11) is -1.38. The van der Waals surface area contributed by atoms with E-state index in [1.807, 2.05) is 75.7 Å². The van der Waals surface area contributed by atoms with Gasteiger partial charge in [0.15, 0.2) is 15.3 Å². The second-order valence-corrected chi connectivity index (χ2v) is 43.8. The number of hydrogen-bond acceptors (Lipinski definition) is 18. The molecular weight excluding hydrogens is 1230 g/mol. The van der Waals surface area contributed by atoms with Crippen molar-refractivity contribution in [2.75, 3.05) is 62.7 Å². The fraction of sp³-hybridized carbons (Fsp3) is 0.953. The Labute approximate surface area is 557 Å². The van der Waals surface area contributed by atoms with Crippen LogP contribution < -0.4 is 0 Å². The lowest BCUT2D eigenvalue weighted by Crippen LogP contribution is -2.41. The van der Waals surface area contributed by atoms with Crippen LogP contribution in [-0.2, 0) is 28.6 Å². The Kier molecular flexibility index (Phi) is 50.5. The van der Waals surface area contributed by atoms with Gasteiger partial charge in [0.2, 0.25) is 0 Å². The van der Waals surface area contributed by atoms with Crippen molar-refractivity contribution in [1.82, 2.24) is 28.0 Å². The molecule has 510 valence electrons. The van der Waals surface area contributed by atoms with Crippen molar-refractivity contribution in [3.8, 4) is 0 Å². The summed E-state index contributed by atoms with van der Waals surface area (Å²) in [5, 5.41) is 0.717. The third-order valence-corrected chi connectivity index (χ3v) is 32.9. The van der Waals surface area contributed by atoms with Gasteiger partial charge in [-0.25, -0.2) is 0 Å². The molecule has 21 heteroatoms. The average molecular weight is 1370 g/mol. The molecule has 0 bridgehead atoms. The lowest BCUT2D eigenvalue weighted by molar-refractivity contribution is -0.117. The third-order valence-electron chi connectivity index (χ3n) is 12.3. The second kappa shape index (κ2) is 47.0. The number of nitrogens with zero attached hydrogens (tertiary/aromatic N) is 6. The van der Waals surface area contributed by atoms with E-state index < -0.39 is 22.3 Å². The van der Waals surface area contributed by atoms with Gasteiger partial charge < -0.3 is 14.2 Å². The monoisotopic (exact) mass is 1370 g/mol. The molecule has 0 aromatic rings. The van der Waals surface area contributed by atoms with E-state index in [-0.39, 0.29) is 36.2 Å². The molecule has 0 aliphatic heterocycles. The zero-order valence-corrected chi connectivity index (χ0v) is 68.8. The van der Waals surface area contributed by atoms with Crippen molar-refractivity contribution in [1.29, 1.82) is 0 Å². The van der Waals surface area contributed by atoms with Crippen molar-refractivity contribution >= 4 is 107 Å². The Hall–Kier alpha value is 2.04. The van der Waals surface area contributed by atoms with Crippen LogP contribution in [0, 0.1) is 11.3 Å². The Bertz CT molecular complexity index is 1640. The van der Waals surface area contributed by atoms with Gasteiger partial charge in [-0.15, -0.1) is 0 Å². The molecule has 0 aromatic heterocycles. The molecule has 0 heterocycles. The average Bonchev–Trinajstić information content (AvgIpc) is 3.31. The number of ether oxygens (including phenoxy) is 3. The topological polar surface area (TPSA) is 98.3 Å². The molecule has 0 saturated heterocycles. The summed E-state index contributed by atoms with van der Waals surface area (Å²) in [6.07, 6.45) is 0.578. The minimum Gasteiger partial charge on any atom is -0.380 e. The second-order valence-electron chi connectivity index (χ2n) is 27.7. The molecule has 0 aliphatic rings. The number of hydrogen-bond donors (Lipinski definition) is 0. The van der Waals surface area contributed by atoms with Gasteiger partial charge in [0, 0.05) is 123 Å². The summed E-state index contributed by atoms with van der Waals surface area (Å²) < 4.78 is 33.4. The van der Waals surface area contributed by atoms with E-state index in [1.165, 1.54) is 35.3 Å². The first-order valence-electron chi connectivity index (χ1n) is 32.2. The molecule has 0 atom stereocenters. The van der Waals surface area contributed by atoms with E-state index >= 15 is 0 Å². The third kappa shape index (κ3) is 39.5. The molecule has 0 fully saturated rings. The number of rotatable bonds is 41. The van der Waals surface area contributed by atoms with E-state index in [0.717, 1.165) is 36.2 Å². The van der Waals surface area contributed by atoms with Gasteiger partial charge in [-0.2, -0.15) is 0 Å². The highest BCUT2D eigenvalue weighted by Gasteiger charge is 2.37. The van der Waals surface area contributed by atoms with Crippen molar-refractivity contribution in [3.05, 3.63) is 0 Å². The maximum absolute atomic E-state index is 12.4. The molecule has 0 radical (unpaired) electrons. The molecule has 0 amide bonds. The van der Waals surface area contributed by atoms with Gasteiger partial charge in [-0.05, 0) is 194 Å². The molecule has 85 heavy (non-hydrogen) atoms. The van der Waals surface area contributed by atoms with E-state index in [4.69, 9.17) is 14.2 Å². The minimum atomic E-state index is -0.475. The zero-order valence-electron chi connectivity index (χ0n) is 61.2. The SMILES string of the molecule is CC(C)C(=O)SCCOCCSP(N(C(C)C)C(C)C)N(C(C)C)C(C)C.CC(C)N(C(C)C)P(SCCOCC(C)(C)SC(=O)C(C)(C)C)N(C(C)C)C(C)C.CCC(=O)SC(C)(C)COCCSP(N(C(C)C)C(C)C)N(C(C)C)C(C)C. The Morgan fingerprint density at radius 1 is 0.365 bits per heavy atom. The summed E-state index contributed by atoms with van der Waals surface area (Å²) in [6.45, 7) is 79.4. The summed E-state index contributed by atoms with van der Waals surface area (Å²) in [4.78, 5) is 35.7. The summed E-state index contributed by atoms with van der Waals surface area (Å²) in [6, 6.07) is 6.12. The first-order valence-corrected chi connectivity index (χ1v) is 43.3.